The number of hydrogen-bond donors (Lipinski definition) is 4. The molecule has 152 valence electrons. The third kappa shape index (κ3) is 4.51. The van der Waals surface area contributed by atoms with E-state index in [1.54, 1.807) is 6.92 Å². The molecule has 2 heterocycles. The van der Waals surface area contributed by atoms with E-state index in [1.807, 2.05) is 0 Å². The lowest BCUT2D eigenvalue weighted by Gasteiger charge is -2.31. The van der Waals surface area contributed by atoms with Crippen LogP contribution >= 0.6 is 0 Å². The lowest BCUT2D eigenvalue weighted by molar-refractivity contribution is -0.923. The highest BCUT2D eigenvalue weighted by Crippen LogP contribution is 2.29. The van der Waals surface area contributed by atoms with Crippen LogP contribution in [0.3, 0.4) is 0 Å². The fourth-order valence-electron chi connectivity index (χ4n) is 3.93. The number of aromatic nitrogens is 1. The Morgan fingerprint density at radius 1 is 1.39 bits per heavy atom. The van der Waals surface area contributed by atoms with Gasteiger partial charge in [0.2, 0.25) is 0 Å². The van der Waals surface area contributed by atoms with Crippen LogP contribution in [0.1, 0.15) is 43.1 Å². The van der Waals surface area contributed by atoms with Crippen LogP contribution in [-0.2, 0) is 9.53 Å². The first kappa shape index (κ1) is 20.3. The van der Waals surface area contributed by atoms with Gasteiger partial charge in [-0.15, -0.1) is 0 Å². The maximum atomic E-state index is 13.8. The second-order valence-electron chi connectivity index (χ2n) is 7.12. The predicted molar refractivity (Wildman–Crippen MR) is 103 cm³/mol. The third-order valence-corrected chi connectivity index (χ3v) is 5.25. The first-order valence-corrected chi connectivity index (χ1v) is 9.77. The number of H-pyrrole nitrogens is 1. The average Bonchev–Trinajstić information content (AvgIpc) is 3.01. The molecule has 3 rings (SSSR count). The molecule has 1 unspecified atom stereocenters. The van der Waals surface area contributed by atoms with Crippen LogP contribution < -0.4 is 10.2 Å². The Morgan fingerprint density at radius 2 is 2.21 bits per heavy atom. The Labute approximate surface area is 162 Å². The molecule has 2 aromatic rings. The molecule has 1 fully saturated rings. The van der Waals surface area contributed by atoms with Crippen molar-refractivity contribution in [3.8, 4) is 0 Å². The smallest absolute Gasteiger partial charge is 0.356 e. The molecule has 7 nitrogen and oxygen atoms in total. The van der Waals surface area contributed by atoms with E-state index < -0.39 is 11.8 Å². The topological polar surface area (TPSA) is 95.9 Å². The van der Waals surface area contributed by atoms with Gasteiger partial charge in [-0.25, -0.2) is 9.18 Å². The molecule has 1 aromatic carbocycles. The molecule has 1 aromatic heterocycles. The molecule has 2 atom stereocenters. The molecule has 0 aliphatic carbocycles. The van der Waals surface area contributed by atoms with E-state index in [0.29, 0.717) is 17.3 Å². The maximum Gasteiger partial charge on any atom is 0.356 e. The molecule has 0 radical (unpaired) electrons. The number of carbonyl (C=O) groups is 2. The minimum atomic E-state index is -0.599. The van der Waals surface area contributed by atoms with Crippen LogP contribution in [0.25, 0.3) is 10.9 Å². The number of amides is 1. The van der Waals surface area contributed by atoms with Gasteiger partial charge in [0.25, 0.3) is 5.91 Å². The first-order valence-electron chi connectivity index (χ1n) is 9.77. The number of benzene rings is 1. The van der Waals surface area contributed by atoms with Crippen molar-refractivity contribution in [2.24, 2.45) is 0 Å². The minimum absolute atomic E-state index is 0.102. The number of piperidine rings is 1. The molecular weight excluding hydrogens is 365 g/mol. The molecule has 1 aliphatic heterocycles. The molecule has 4 N–H and O–H groups in total. The van der Waals surface area contributed by atoms with Crippen molar-refractivity contribution in [3.05, 3.63) is 29.7 Å². The summed E-state index contributed by atoms with van der Waals surface area (Å²) >= 11 is 0. The van der Waals surface area contributed by atoms with E-state index in [4.69, 9.17) is 4.74 Å². The van der Waals surface area contributed by atoms with E-state index in [2.05, 4.69) is 10.3 Å². The van der Waals surface area contributed by atoms with Crippen molar-refractivity contribution in [2.45, 2.75) is 38.6 Å². The number of likely N-dealkylation sites (tertiary alicyclic amines) is 1. The lowest BCUT2D eigenvalue weighted by Crippen LogP contribution is -3.17. The highest BCUT2D eigenvalue weighted by atomic mass is 19.1. The van der Waals surface area contributed by atoms with Crippen molar-refractivity contribution < 1.29 is 28.7 Å². The summed E-state index contributed by atoms with van der Waals surface area (Å²) in [4.78, 5) is 29.1. The number of quaternary nitrogens is 1. The number of rotatable bonds is 7. The molecule has 0 saturated carbocycles. The lowest BCUT2D eigenvalue weighted by atomic mass is 9.99. The summed E-state index contributed by atoms with van der Waals surface area (Å²) in [5, 5.41) is 12.5. The van der Waals surface area contributed by atoms with Crippen LogP contribution in [0.15, 0.2) is 18.2 Å². The number of fused-ring (bicyclic) bond motifs is 1. The summed E-state index contributed by atoms with van der Waals surface area (Å²) in [5.74, 6) is -1.31. The van der Waals surface area contributed by atoms with Crippen LogP contribution in [0.2, 0.25) is 0 Å². The number of aliphatic hydroxyl groups is 1. The zero-order valence-corrected chi connectivity index (χ0v) is 16.0. The number of ether oxygens (including phenoxy) is 1. The Hall–Kier alpha value is -2.45. The number of esters is 1. The zero-order chi connectivity index (χ0) is 20.1. The fraction of sp³-hybridized carbons (Fsp3) is 0.500. The Morgan fingerprint density at radius 3 is 2.96 bits per heavy atom. The normalized spacial score (nSPS) is 19.5. The average molecular weight is 392 g/mol. The second kappa shape index (κ2) is 9.16. The van der Waals surface area contributed by atoms with Crippen molar-refractivity contribution in [1.29, 1.82) is 0 Å². The second-order valence-corrected chi connectivity index (χ2v) is 7.12. The Kier molecular flexibility index (Phi) is 6.64. The van der Waals surface area contributed by atoms with Gasteiger partial charge in [-0.3, -0.25) is 4.79 Å². The van der Waals surface area contributed by atoms with Gasteiger partial charge in [-0.05, 0) is 44.4 Å². The van der Waals surface area contributed by atoms with Gasteiger partial charge < -0.3 is 25.0 Å². The van der Waals surface area contributed by atoms with Gasteiger partial charge in [-0.1, -0.05) is 0 Å². The first-order chi connectivity index (χ1) is 13.5. The predicted octanol–water partition coefficient (Wildman–Crippen LogP) is 1.24. The molecule has 1 amide bonds. The third-order valence-electron chi connectivity index (χ3n) is 5.25. The number of hydrogen-bond acceptors (Lipinski definition) is 4. The number of halogens is 1. The van der Waals surface area contributed by atoms with E-state index in [-0.39, 0.29) is 43.1 Å². The monoisotopic (exact) mass is 392 g/mol. The minimum Gasteiger partial charge on any atom is -0.461 e. The molecule has 28 heavy (non-hydrogen) atoms. The van der Waals surface area contributed by atoms with Crippen molar-refractivity contribution in [3.63, 3.8) is 0 Å². The highest BCUT2D eigenvalue weighted by Gasteiger charge is 2.29. The summed E-state index contributed by atoms with van der Waals surface area (Å²) in [7, 11) is 0. The van der Waals surface area contributed by atoms with E-state index in [1.165, 1.54) is 18.2 Å². The number of aromatic amines is 1. The van der Waals surface area contributed by atoms with Gasteiger partial charge in [-0.2, -0.15) is 0 Å². The van der Waals surface area contributed by atoms with Crippen molar-refractivity contribution in [2.75, 3.05) is 31.6 Å². The number of nitrogens with one attached hydrogen (secondary N) is 3. The zero-order valence-electron chi connectivity index (χ0n) is 16.0. The van der Waals surface area contributed by atoms with Gasteiger partial charge in [0.1, 0.15) is 11.5 Å². The fourth-order valence-corrected chi connectivity index (χ4v) is 3.93. The van der Waals surface area contributed by atoms with Crippen LogP contribution in [0, 0.1) is 5.82 Å². The van der Waals surface area contributed by atoms with Crippen molar-refractivity contribution >= 4 is 28.5 Å². The Bertz CT molecular complexity index is 849. The van der Waals surface area contributed by atoms with Gasteiger partial charge in [0.05, 0.1) is 24.9 Å². The van der Waals surface area contributed by atoms with E-state index in [0.717, 1.165) is 30.7 Å². The van der Waals surface area contributed by atoms with E-state index in [9.17, 15) is 19.1 Å². The summed E-state index contributed by atoms with van der Waals surface area (Å²) in [6.07, 6.45) is 3.78. The summed E-state index contributed by atoms with van der Waals surface area (Å²) in [6, 6.07) is 4.34. The maximum absolute atomic E-state index is 13.8. The number of aliphatic hydroxyl groups excluding tert-OH is 1. The number of anilines is 1. The molecular formula is C20H27FN3O4+. The van der Waals surface area contributed by atoms with Gasteiger partial charge in [0.15, 0.2) is 6.54 Å². The summed E-state index contributed by atoms with van der Waals surface area (Å²) in [5.41, 5.74) is 0.896. The largest absolute Gasteiger partial charge is 0.461 e. The van der Waals surface area contributed by atoms with Crippen LogP contribution in [0.4, 0.5) is 10.1 Å². The molecule has 1 saturated heterocycles. The Balaban J connectivity index is 1.83. The standard InChI is InChI=1S/C20H26FN3O4/c1-2-28-20(27)19-18(15-11-13(21)6-7-16(15)22-19)23-17(26)12-24-9-4-3-5-14(24)8-10-25/h6-7,11,14,22,25H,2-5,8-10,12H2,1H3,(H,23,26)/p+1/t14-/m1/s1. The van der Waals surface area contributed by atoms with E-state index >= 15 is 0 Å². The molecule has 1 aliphatic rings. The quantitative estimate of drug-likeness (QED) is 0.533. The molecule has 8 heteroatoms. The number of carbonyl (C=O) groups excluding carboxylic acids is 2. The van der Waals surface area contributed by atoms with Crippen molar-refractivity contribution in [1.82, 2.24) is 4.98 Å². The molecule has 0 spiro atoms. The summed E-state index contributed by atoms with van der Waals surface area (Å²) < 4.78 is 18.8. The van der Waals surface area contributed by atoms with Gasteiger partial charge in [0, 0.05) is 23.9 Å². The van der Waals surface area contributed by atoms with Crippen LogP contribution in [-0.4, -0.2) is 54.3 Å². The molecule has 0 bridgehead atoms. The highest BCUT2D eigenvalue weighted by molar-refractivity contribution is 6.11. The van der Waals surface area contributed by atoms with Gasteiger partial charge >= 0.3 is 5.97 Å². The summed E-state index contributed by atoms with van der Waals surface area (Å²) in [6.45, 7) is 3.08. The SMILES string of the molecule is CCOC(=O)c1[nH]c2ccc(F)cc2c1NC(=O)C[NH+]1CCCC[C@@H]1CCO. The van der Waals surface area contributed by atoms with Crippen LogP contribution in [0.5, 0.6) is 0 Å².